The number of phosphoric acid groups is 1. The summed E-state index contributed by atoms with van der Waals surface area (Å²) < 4.78 is 34.3. The molecule has 0 amide bonds. The van der Waals surface area contributed by atoms with Crippen LogP contribution in [0.25, 0.3) is 0 Å². The summed E-state index contributed by atoms with van der Waals surface area (Å²) in [6, 6.07) is 0. The Morgan fingerprint density at radius 3 is 1.65 bits per heavy atom. The number of ether oxygens (including phenoxy) is 2. The summed E-state index contributed by atoms with van der Waals surface area (Å²) in [6.45, 7) is 5.38. The molecule has 0 N–H and O–H groups in total. The molecular formula is C37H74NO7P. The Morgan fingerprint density at radius 1 is 0.652 bits per heavy atom. The number of rotatable bonds is 35. The summed E-state index contributed by atoms with van der Waals surface area (Å²) in [4.78, 5) is 24.8. The Hall–Kier alpha value is -0.760. The fraction of sp³-hybridized carbons (Fsp3) is 0.919. The van der Waals surface area contributed by atoms with Gasteiger partial charge in [0.15, 0.2) is 0 Å². The second kappa shape index (κ2) is 31.5. The Kier molecular flexibility index (Phi) is 31.0. The largest absolute Gasteiger partial charge is 0.756 e. The molecule has 0 saturated carbocycles. The predicted octanol–water partition coefficient (Wildman–Crippen LogP) is 9.69. The summed E-state index contributed by atoms with van der Waals surface area (Å²) in [5.74, 6) is -0.343. The lowest BCUT2D eigenvalue weighted by molar-refractivity contribution is -0.870. The summed E-state index contributed by atoms with van der Waals surface area (Å²) >= 11 is 0. The zero-order chi connectivity index (χ0) is 34.2. The molecule has 0 aliphatic heterocycles. The number of hydrogen-bond donors (Lipinski definition) is 0. The number of carbonyl (C=O) groups is 1. The lowest BCUT2D eigenvalue weighted by Crippen LogP contribution is -2.37. The molecule has 9 heteroatoms. The monoisotopic (exact) mass is 676 g/mol. The smallest absolute Gasteiger partial charge is 0.306 e. The molecule has 0 saturated heterocycles. The van der Waals surface area contributed by atoms with E-state index in [4.69, 9.17) is 18.5 Å². The average Bonchev–Trinajstić information content (AvgIpc) is 2.99. The quantitative estimate of drug-likeness (QED) is 0.0217. The highest BCUT2D eigenvalue weighted by atomic mass is 31.2. The summed E-state index contributed by atoms with van der Waals surface area (Å²) in [6.07, 6.45) is 30.8. The van der Waals surface area contributed by atoms with E-state index in [1.165, 1.54) is 96.3 Å². The molecule has 0 aromatic heterocycles. The number of likely N-dealkylation sites (N-methyl/N-ethyl adjacent to an activating group) is 1. The fourth-order valence-corrected chi connectivity index (χ4v) is 5.80. The van der Waals surface area contributed by atoms with Gasteiger partial charge in [0.1, 0.15) is 19.3 Å². The van der Waals surface area contributed by atoms with Crippen LogP contribution in [-0.4, -0.2) is 70.7 Å². The van der Waals surface area contributed by atoms with Gasteiger partial charge in [-0.3, -0.25) is 9.36 Å². The van der Waals surface area contributed by atoms with E-state index < -0.39 is 13.9 Å². The molecule has 2 atom stereocenters. The number of allylic oxidation sites excluding steroid dienone is 2. The van der Waals surface area contributed by atoms with Crippen molar-refractivity contribution in [3.05, 3.63) is 12.2 Å². The molecule has 0 aliphatic rings. The molecule has 46 heavy (non-hydrogen) atoms. The normalized spacial score (nSPS) is 14.1. The lowest BCUT2D eigenvalue weighted by atomic mass is 10.1. The van der Waals surface area contributed by atoms with Crippen LogP contribution >= 0.6 is 7.82 Å². The summed E-state index contributed by atoms with van der Waals surface area (Å²) in [5.41, 5.74) is 0. The van der Waals surface area contributed by atoms with Gasteiger partial charge < -0.3 is 27.9 Å². The van der Waals surface area contributed by atoms with Crippen molar-refractivity contribution in [2.24, 2.45) is 0 Å². The van der Waals surface area contributed by atoms with Crippen molar-refractivity contribution >= 4 is 13.8 Å². The van der Waals surface area contributed by atoms with Gasteiger partial charge in [0.25, 0.3) is 7.82 Å². The molecule has 0 spiro atoms. The number of carbonyl (C=O) groups excluding carboxylic acids is 1. The van der Waals surface area contributed by atoms with Crippen molar-refractivity contribution in [1.82, 2.24) is 0 Å². The number of nitrogens with zero attached hydrogens (tertiary/aromatic N) is 1. The highest BCUT2D eigenvalue weighted by molar-refractivity contribution is 7.45. The highest BCUT2D eigenvalue weighted by Crippen LogP contribution is 2.38. The minimum atomic E-state index is -4.51. The number of quaternary nitrogens is 1. The van der Waals surface area contributed by atoms with Gasteiger partial charge in [0.2, 0.25) is 0 Å². The summed E-state index contributed by atoms with van der Waals surface area (Å²) in [7, 11) is 1.35. The van der Waals surface area contributed by atoms with Crippen LogP contribution in [0.2, 0.25) is 0 Å². The molecule has 0 rings (SSSR count). The van der Waals surface area contributed by atoms with Crippen LogP contribution in [0.5, 0.6) is 0 Å². The third-order valence-corrected chi connectivity index (χ3v) is 9.03. The van der Waals surface area contributed by atoms with Gasteiger partial charge in [0, 0.05) is 13.0 Å². The predicted molar refractivity (Wildman–Crippen MR) is 190 cm³/mol. The first-order valence-corrected chi connectivity index (χ1v) is 20.4. The van der Waals surface area contributed by atoms with Crippen molar-refractivity contribution in [3.63, 3.8) is 0 Å². The second-order valence-corrected chi connectivity index (χ2v) is 15.4. The van der Waals surface area contributed by atoms with Crippen molar-refractivity contribution < 1.29 is 37.3 Å². The van der Waals surface area contributed by atoms with Crippen molar-refractivity contribution in [3.8, 4) is 0 Å². The molecule has 274 valence electrons. The fourth-order valence-electron chi connectivity index (χ4n) is 5.07. The van der Waals surface area contributed by atoms with E-state index in [0.29, 0.717) is 24.1 Å². The third-order valence-electron chi connectivity index (χ3n) is 8.07. The van der Waals surface area contributed by atoms with Gasteiger partial charge >= 0.3 is 5.97 Å². The Bertz CT molecular complexity index is 756. The minimum Gasteiger partial charge on any atom is -0.756 e. The van der Waals surface area contributed by atoms with Crippen LogP contribution in [0.4, 0.5) is 0 Å². The first-order valence-electron chi connectivity index (χ1n) is 18.9. The standard InChI is InChI=1S/C37H74NO7P/c1-6-8-10-12-14-16-17-18-19-20-21-22-23-24-26-28-30-37(39)45-36(34-42-32-29-27-25-15-13-11-9-7-2)35-44-46(40,41)43-33-31-38(3,4)5/h19-20,36H,6-18,21-35H2,1-5H3/b20-19-. The van der Waals surface area contributed by atoms with E-state index in [1.807, 2.05) is 21.1 Å². The maximum absolute atomic E-state index is 12.6. The van der Waals surface area contributed by atoms with E-state index in [0.717, 1.165) is 44.9 Å². The van der Waals surface area contributed by atoms with Gasteiger partial charge in [-0.05, 0) is 38.5 Å². The zero-order valence-electron chi connectivity index (χ0n) is 30.8. The molecule has 0 aliphatic carbocycles. The zero-order valence-corrected chi connectivity index (χ0v) is 31.7. The maximum Gasteiger partial charge on any atom is 0.306 e. The van der Waals surface area contributed by atoms with Crippen LogP contribution in [-0.2, 0) is 27.9 Å². The molecule has 0 heterocycles. The number of hydrogen-bond acceptors (Lipinski definition) is 7. The van der Waals surface area contributed by atoms with Gasteiger partial charge in [-0.1, -0.05) is 129 Å². The van der Waals surface area contributed by atoms with Crippen molar-refractivity contribution in [2.45, 2.75) is 168 Å². The molecule has 0 radical (unpaired) electrons. The van der Waals surface area contributed by atoms with Gasteiger partial charge in [0.05, 0.1) is 34.4 Å². The van der Waals surface area contributed by atoms with E-state index in [9.17, 15) is 14.3 Å². The number of esters is 1. The van der Waals surface area contributed by atoms with Gasteiger partial charge in [-0.25, -0.2) is 0 Å². The van der Waals surface area contributed by atoms with E-state index in [-0.39, 0.29) is 25.8 Å². The van der Waals surface area contributed by atoms with Gasteiger partial charge in [-0.2, -0.15) is 0 Å². The Morgan fingerprint density at radius 2 is 1.13 bits per heavy atom. The molecule has 0 fully saturated rings. The lowest BCUT2D eigenvalue weighted by Gasteiger charge is -2.28. The van der Waals surface area contributed by atoms with Crippen molar-refractivity contribution in [2.75, 3.05) is 54.1 Å². The molecule has 0 aromatic rings. The molecule has 0 aromatic carbocycles. The Labute approximate surface area is 284 Å². The van der Waals surface area contributed by atoms with E-state index in [1.54, 1.807) is 0 Å². The van der Waals surface area contributed by atoms with Crippen LogP contribution in [0.15, 0.2) is 12.2 Å². The first kappa shape index (κ1) is 45.2. The van der Waals surface area contributed by atoms with Crippen LogP contribution < -0.4 is 4.89 Å². The highest BCUT2D eigenvalue weighted by Gasteiger charge is 2.20. The van der Waals surface area contributed by atoms with Crippen LogP contribution in [0.3, 0.4) is 0 Å². The second-order valence-electron chi connectivity index (χ2n) is 13.9. The average molecular weight is 676 g/mol. The molecule has 8 nitrogen and oxygen atoms in total. The van der Waals surface area contributed by atoms with Crippen LogP contribution in [0.1, 0.15) is 162 Å². The first-order chi connectivity index (χ1) is 22.1. The van der Waals surface area contributed by atoms with E-state index >= 15 is 0 Å². The molecular weight excluding hydrogens is 601 g/mol. The van der Waals surface area contributed by atoms with Crippen molar-refractivity contribution in [1.29, 1.82) is 0 Å². The Balaban J connectivity index is 4.25. The molecule has 0 bridgehead atoms. The topological polar surface area (TPSA) is 94.1 Å². The SMILES string of the molecule is CCCCCCCCC/C=C\CCCCCCCC(=O)OC(COCCCCCCCCCC)COP(=O)([O-])OCC[N+](C)(C)C. The summed E-state index contributed by atoms with van der Waals surface area (Å²) in [5, 5.41) is 0. The minimum absolute atomic E-state index is 0.0270. The maximum atomic E-state index is 12.6. The third kappa shape index (κ3) is 34.6. The van der Waals surface area contributed by atoms with Gasteiger partial charge in [-0.15, -0.1) is 0 Å². The number of phosphoric ester groups is 1. The molecule has 2 unspecified atom stereocenters. The van der Waals surface area contributed by atoms with Crippen LogP contribution in [0, 0.1) is 0 Å². The number of unbranched alkanes of at least 4 members (excludes halogenated alkanes) is 19. The van der Waals surface area contributed by atoms with E-state index in [2.05, 4.69) is 26.0 Å².